The molecule has 3 rings (SSSR count). The van der Waals surface area contributed by atoms with Crippen molar-refractivity contribution in [3.8, 4) is 0 Å². The standard InChI is InChI=1S/C21H34ClN5O2S/c1-16-21(17(2)26(4)23-16)24-30(5,28,29)20-9-8-18(15-19(20)22)7-6-10-27-13-11-25(3)12-14-27/h8-9,15H,6-7,10-14H2,1-5H3,(H2,24,28,29). The SMILES string of the molecule is Cc1nn(C)c(C)c1NS(C)(=O)(O)c1ccc(CCCN2CCN(C)CC2)cc1Cl. The lowest BCUT2D eigenvalue weighted by Crippen LogP contribution is -2.44. The zero-order valence-corrected chi connectivity index (χ0v) is 20.2. The molecule has 0 atom stereocenters. The van der Waals surface area contributed by atoms with Gasteiger partial charge in [-0.3, -0.25) is 14.0 Å². The van der Waals surface area contributed by atoms with Gasteiger partial charge < -0.3 is 9.80 Å². The zero-order chi connectivity index (χ0) is 22.1. The van der Waals surface area contributed by atoms with Crippen molar-refractivity contribution in [3.05, 3.63) is 40.2 Å². The number of piperazine rings is 1. The van der Waals surface area contributed by atoms with E-state index >= 15 is 0 Å². The van der Waals surface area contributed by atoms with Crippen LogP contribution in [-0.2, 0) is 23.0 Å². The van der Waals surface area contributed by atoms with E-state index in [1.807, 2.05) is 33.0 Å². The molecule has 2 heterocycles. The molecule has 9 heteroatoms. The van der Waals surface area contributed by atoms with Crippen LogP contribution in [0.5, 0.6) is 0 Å². The molecule has 1 aromatic carbocycles. The Hall–Kier alpha value is -1.45. The van der Waals surface area contributed by atoms with Crippen LogP contribution in [0.2, 0.25) is 5.02 Å². The van der Waals surface area contributed by atoms with Gasteiger partial charge >= 0.3 is 0 Å². The predicted molar refractivity (Wildman–Crippen MR) is 125 cm³/mol. The first-order chi connectivity index (χ1) is 13.9. The Morgan fingerprint density at radius 2 is 1.87 bits per heavy atom. The number of nitrogens with one attached hydrogen (secondary N) is 1. The summed E-state index contributed by atoms with van der Waals surface area (Å²) in [4.78, 5) is 5.05. The van der Waals surface area contributed by atoms with Crippen molar-refractivity contribution < 1.29 is 8.76 Å². The summed E-state index contributed by atoms with van der Waals surface area (Å²) in [7, 11) is -0.433. The van der Waals surface area contributed by atoms with Crippen molar-refractivity contribution in [1.82, 2.24) is 19.6 Å². The van der Waals surface area contributed by atoms with Crippen molar-refractivity contribution in [2.24, 2.45) is 7.05 Å². The van der Waals surface area contributed by atoms with E-state index in [9.17, 15) is 8.76 Å². The van der Waals surface area contributed by atoms with Gasteiger partial charge in [-0.15, -0.1) is 9.53 Å². The first-order valence-corrected chi connectivity index (χ1v) is 13.0. The summed E-state index contributed by atoms with van der Waals surface area (Å²) in [5.41, 5.74) is 3.10. The fourth-order valence-electron chi connectivity index (χ4n) is 3.88. The lowest BCUT2D eigenvalue weighted by Gasteiger charge is -2.41. The van der Waals surface area contributed by atoms with Gasteiger partial charge in [0.15, 0.2) is 0 Å². The molecule has 7 nitrogen and oxygen atoms in total. The second kappa shape index (κ2) is 8.59. The van der Waals surface area contributed by atoms with Gasteiger partial charge in [0.25, 0.3) is 0 Å². The minimum Gasteiger partial charge on any atom is -0.304 e. The second-order valence-corrected chi connectivity index (χ2v) is 12.2. The van der Waals surface area contributed by atoms with Crippen molar-refractivity contribution in [2.45, 2.75) is 31.6 Å². The van der Waals surface area contributed by atoms with Crippen LogP contribution in [0, 0.1) is 13.8 Å². The van der Waals surface area contributed by atoms with Gasteiger partial charge in [-0.2, -0.15) is 9.31 Å². The molecule has 1 aliphatic heterocycles. The van der Waals surface area contributed by atoms with Gasteiger partial charge in [-0.05, 0) is 58.0 Å². The number of anilines is 1. The molecule has 0 amide bonds. The van der Waals surface area contributed by atoms with E-state index in [0.717, 1.165) is 56.8 Å². The van der Waals surface area contributed by atoms with Crippen molar-refractivity contribution in [1.29, 1.82) is 0 Å². The summed E-state index contributed by atoms with van der Waals surface area (Å²) in [6.45, 7) is 9.18. The highest BCUT2D eigenvalue weighted by Crippen LogP contribution is 2.38. The molecule has 0 unspecified atom stereocenters. The maximum atomic E-state index is 13.6. The van der Waals surface area contributed by atoms with E-state index in [1.54, 1.807) is 10.7 Å². The van der Waals surface area contributed by atoms with E-state index in [0.29, 0.717) is 16.4 Å². The maximum Gasteiger partial charge on any atom is 0.0971 e. The summed E-state index contributed by atoms with van der Waals surface area (Å²) in [6.07, 6.45) is 3.23. The van der Waals surface area contributed by atoms with Crippen molar-refractivity contribution in [2.75, 3.05) is 50.7 Å². The second-order valence-electron chi connectivity index (χ2n) is 8.57. The van der Waals surface area contributed by atoms with Crippen LogP contribution in [-0.4, -0.2) is 74.4 Å². The quantitative estimate of drug-likeness (QED) is 0.670. The first kappa shape index (κ1) is 23.2. The molecule has 30 heavy (non-hydrogen) atoms. The van der Waals surface area contributed by atoms with Gasteiger partial charge in [0.1, 0.15) is 0 Å². The largest absolute Gasteiger partial charge is 0.304 e. The summed E-state index contributed by atoms with van der Waals surface area (Å²) in [5, 5.41) is 4.62. The Morgan fingerprint density at radius 3 is 2.43 bits per heavy atom. The molecule has 0 spiro atoms. The van der Waals surface area contributed by atoms with Crippen LogP contribution in [0.15, 0.2) is 23.1 Å². The highest BCUT2D eigenvalue weighted by atomic mass is 35.5. The van der Waals surface area contributed by atoms with Gasteiger partial charge in [-0.25, -0.2) is 0 Å². The minimum atomic E-state index is -4.40. The van der Waals surface area contributed by atoms with Crippen LogP contribution in [0.1, 0.15) is 23.4 Å². The third-order valence-corrected chi connectivity index (χ3v) is 8.40. The molecule has 1 fully saturated rings. The van der Waals surface area contributed by atoms with Crippen LogP contribution in [0.3, 0.4) is 0 Å². The zero-order valence-electron chi connectivity index (χ0n) is 18.6. The van der Waals surface area contributed by atoms with E-state index in [-0.39, 0.29) is 4.90 Å². The Balaban J connectivity index is 1.69. The number of nitrogens with zero attached hydrogens (tertiary/aromatic N) is 4. The number of hydrogen-bond donors (Lipinski definition) is 2. The fourth-order valence-corrected chi connectivity index (χ4v) is 6.43. The van der Waals surface area contributed by atoms with Crippen LogP contribution in [0.25, 0.3) is 0 Å². The van der Waals surface area contributed by atoms with E-state index < -0.39 is 9.53 Å². The van der Waals surface area contributed by atoms with E-state index in [1.165, 1.54) is 6.26 Å². The van der Waals surface area contributed by atoms with Crippen molar-refractivity contribution in [3.63, 3.8) is 0 Å². The average molecular weight is 456 g/mol. The maximum absolute atomic E-state index is 13.6. The molecule has 2 N–H and O–H groups in total. The minimum absolute atomic E-state index is 0.208. The topological polar surface area (TPSA) is 73.6 Å². The molecule has 2 aromatic rings. The smallest absolute Gasteiger partial charge is 0.0971 e. The van der Waals surface area contributed by atoms with E-state index in [4.69, 9.17) is 11.6 Å². The normalized spacial score (nSPS) is 17.6. The molecule has 0 radical (unpaired) electrons. The van der Waals surface area contributed by atoms with Gasteiger partial charge in [0.05, 0.1) is 27.0 Å². The molecule has 168 valence electrons. The summed E-state index contributed by atoms with van der Waals surface area (Å²) >= 11 is 6.49. The Morgan fingerprint density at radius 1 is 1.20 bits per heavy atom. The number of rotatable bonds is 7. The average Bonchev–Trinajstić information content (AvgIpc) is 2.88. The van der Waals surface area contributed by atoms with E-state index in [2.05, 4.69) is 26.7 Å². The monoisotopic (exact) mass is 455 g/mol. The summed E-state index contributed by atoms with van der Waals surface area (Å²) < 4.78 is 29.2. The first-order valence-electron chi connectivity index (χ1n) is 10.3. The van der Waals surface area contributed by atoms with Gasteiger partial charge in [0.2, 0.25) is 0 Å². The molecule has 0 bridgehead atoms. The number of benzene rings is 1. The highest BCUT2D eigenvalue weighted by Gasteiger charge is 2.29. The van der Waals surface area contributed by atoms with Crippen molar-refractivity contribution >= 4 is 26.8 Å². The number of hydrogen-bond acceptors (Lipinski definition) is 4. The molecule has 1 aromatic heterocycles. The Labute approximate surface area is 184 Å². The predicted octanol–water partition coefficient (Wildman–Crippen LogP) is 3.18. The third-order valence-electron chi connectivity index (χ3n) is 5.90. The summed E-state index contributed by atoms with van der Waals surface area (Å²) in [5.74, 6) is 0. The molecular weight excluding hydrogens is 422 g/mol. The number of likely N-dealkylation sites (N-methyl/N-ethyl adjacent to an activating group) is 1. The Bertz CT molecular complexity index is 976. The molecular formula is C21H34ClN5O2S. The molecule has 1 saturated heterocycles. The number of aromatic nitrogens is 2. The fraction of sp³-hybridized carbons (Fsp3) is 0.571. The van der Waals surface area contributed by atoms with Crippen LogP contribution in [0.4, 0.5) is 5.69 Å². The van der Waals surface area contributed by atoms with Crippen LogP contribution >= 0.6 is 11.6 Å². The van der Waals surface area contributed by atoms with Crippen LogP contribution < -0.4 is 4.72 Å². The number of halogens is 1. The lowest BCUT2D eigenvalue weighted by atomic mass is 10.1. The third kappa shape index (κ3) is 5.23. The molecule has 0 saturated carbocycles. The van der Waals surface area contributed by atoms with Gasteiger partial charge in [-0.1, -0.05) is 17.7 Å². The summed E-state index contributed by atoms with van der Waals surface area (Å²) in [6, 6.07) is 5.40. The lowest BCUT2D eigenvalue weighted by molar-refractivity contribution is 0.153. The number of aryl methyl sites for hydroxylation is 3. The van der Waals surface area contributed by atoms with Gasteiger partial charge in [0, 0.05) is 39.5 Å². The molecule has 0 aliphatic carbocycles. The molecule has 1 aliphatic rings. The Kier molecular flexibility index (Phi) is 6.65. The highest BCUT2D eigenvalue weighted by molar-refractivity contribution is 8.15.